The number of phenols is 1. The van der Waals surface area contributed by atoms with E-state index in [1.54, 1.807) is 6.07 Å². The lowest BCUT2D eigenvalue weighted by molar-refractivity contribution is -0.274. The second-order valence-electron chi connectivity index (χ2n) is 8.29. The predicted octanol–water partition coefficient (Wildman–Crippen LogP) is 5.92. The number of rotatable bonds is 5. The molecule has 0 radical (unpaired) electrons. The van der Waals surface area contributed by atoms with E-state index in [2.05, 4.69) is 4.98 Å². The lowest BCUT2D eigenvalue weighted by atomic mass is 9.70. The molecule has 1 aromatic heterocycles. The number of alkyl halides is 3. The van der Waals surface area contributed by atoms with Crippen LogP contribution in [0.25, 0.3) is 10.9 Å². The summed E-state index contributed by atoms with van der Waals surface area (Å²) < 4.78 is 69.7. The molecule has 162 valence electrons. The zero-order valence-electron chi connectivity index (χ0n) is 16.6. The molecule has 0 fully saturated rings. The summed E-state index contributed by atoms with van der Waals surface area (Å²) in [4.78, 5) is 2.65. The first kappa shape index (κ1) is 22.1. The number of para-hydroxylation sites is 1. The van der Waals surface area contributed by atoms with Gasteiger partial charge in [0.2, 0.25) is 0 Å². The number of halogens is 5. The lowest BCUT2D eigenvalue weighted by Gasteiger charge is -2.41. The predicted molar refractivity (Wildman–Crippen MR) is 103 cm³/mol. The van der Waals surface area contributed by atoms with Gasteiger partial charge in [-0.2, -0.15) is 13.2 Å². The van der Waals surface area contributed by atoms with Gasteiger partial charge in [0.05, 0.1) is 5.52 Å². The average Bonchev–Trinajstić information content (AvgIpc) is 3.04. The number of fused-ring (bicyclic) bond motifs is 1. The second-order valence-corrected chi connectivity index (χ2v) is 8.29. The summed E-state index contributed by atoms with van der Waals surface area (Å²) in [6, 6.07) is 8.60. The first-order valence-corrected chi connectivity index (χ1v) is 9.31. The van der Waals surface area contributed by atoms with E-state index in [9.17, 15) is 32.2 Å². The van der Waals surface area contributed by atoms with Gasteiger partial charge in [-0.05, 0) is 35.6 Å². The largest absolute Gasteiger partial charge is 0.508 e. The molecule has 0 aliphatic heterocycles. The van der Waals surface area contributed by atoms with Gasteiger partial charge in [0, 0.05) is 23.1 Å². The Morgan fingerprint density at radius 1 is 1.03 bits per heavy atom. The summed E-state index contributed by atoms with van der Waals surface area (Å²) in [7, 11) is 0. The normalized spacial score (nSPS) is 15.9. The number of aromatic hydroxyl groups is 1. The molecule has 0 aliphatic rings. The van der Waals surface area contributed by atoms with Gasteiger partial charge in [0.25, 0.3) is 0 Å². The highest BCUT2D eigenvalue weighted by Crippen LogP contribution is 2.49. The maximum atomic E-state index is 14.1. The van der Waals surface area contributed by atoms with Gasteiger partial charge in [-0.1, -0.05) is 39.0 Å². The van der Waals surface area contributed by atoms with E-state index in [4.69, 9.17) is 0 Å². The van der Waals surface area contributed by atoms with Crippen LogP contribution in [-0.2, 0) is 5.41 Å². The van der Waals surface area contributed by atoms with E-state index in [0.29, 0.717) is 5.39 Å². The van der Waals surface area contributed by atoms with Crippen LogP contribution in [0.1, 0.15) is 44.4 Å². The van der Waals surface area contributed by atoms with E-state index < -0.39 is 46.9 Å². The zero-order valence-corrected chi connectivity index (χ0v) is 16.6. The molecule has 3 rings (SSSR count). The number of benzene rings is 2. The van der Waals surface area contributed by atoms with Gasteiger partial charge in [0.15, 0.2) is 5.60 Å². The van der Waals surface area contributed by atoms with E-state index >= 15 is 0 Å². The van der Waals surface area contributed by atoms with Gasteiger partial charge in [-0.3, -0.25) is 0 Å². The summed E-state index contributed by atoms with van der Waals surface area (Å²) in [5.41, 5.74) is -4.43. The Kier molecular flexibility index (Phi) is 5.35. The van der Waals surface area contributed by atoms with E-state index in [1.807, 2.05) is 0 Å². The summed E-state index contributed by atoms with van der Waals surface area (Å²) in [5, 5.41) is 21.4. The van der Waals surface area contributed by atoms with Gasteiger partial charge in [-0.15, -0.1) is 0 Å². The third kappa shape index (κ3) is 3.76. The Morgan fingerprint density at radius 3 is 2.27 bits per heavy atom. The summed E-state index contributed by atoms with van der Waals surface area (Å²) in [6.45, 7) is 4.05. The minimum absolute atomic E-state index is 0.0223. The summed E-state index contributed by atoms with van der Waals surface area (Å²) >= 11 is 0. The molecule has 0 aliphatic carbocycles. The molecular weight excluding hydrogens is 405 g/mol. The van der Waals surface area contributed by atoms with Crippen molar-refractivity contribution in [2.24, 2.45) is 0 Å². The standard InChI is InChI=1S/C22H22F5NO2/c1-12(17-9-13-5-4-6-16(24)19(13)28-17)21(30,22(25,26)27)11-20(2,3)15-8-7-14(23)10-18(15)29/h4-10,12,28-30H,11H2,1-3H3. The van der Waals surface area contributed by atoms with Crippen molar-refractivity contribution < 1.29 is 32.2 Å². The number of aliphatic hydroxyl groups is 1. The van der Waals surface area contributed by atoms with Gasteiger partial charge in [-0.25, -0.2) is 8.78 Å². The Balaban J connectivity index is 2.06. The van der Waals surface area contributed by atoms with E-state index in [1.165, 1.54) is 45.0 Å². The molecule has 8 heteroatoms. The molecule has 3 nitrogen and oxygen atoms in total. The lowest BCUT2D eigenvalue weighted by Crippen LogP contribution is -2.52. The molecule has 30 heavy (non-hydrogen) atoms. The Morgan fingerprint density at radius 2 is 1.70 bits per heavy atom. The van der Waals surface area contributed by atoms with E-state index in [-0.39, 0.29) is 16.8 Å². The van der Waals surface area contributed by atoms with Crippen LogP contribution in [0.15, 0.2) is 42.5 Å². The minimum Gasteiger partial charge on any atom is -0.508 e. The van der Waals surface area contributed by atoms with E-state index in [0.717, 1.165) is 12.1 Å². The Hall–Kier alpha value is -2.61. The van der Waals surface area contributed by atoms with Gasteiger partial charge < -0.3 is 15.2 Å². The highest BCUT2D eigenvalue weighted by Gasteiger charge is 2.59. The van der Waals surface area contributed by atoms with Crippen LogP contribution in [0.3, 0.4) is 0 Å². The number of aromatic amines is 1. The van der Waals surface area contributed by atoms with Crippen molar-refractivity contribution in [3.63, 3.8) is 0 Å². The van der Waals surface area contributed by atoms with Crippen molar-refractivity contribution in [3.8, 4) is 5.75 Å². The first-order chi connectivity index (χ1) is 13.8. The topological polar surface area (TPSA) is 56.2 Å². The molecule has 2 unspecified atom stereocenters. The molecule has 0 spiro atoms. The number of hydrogen-bond acceptors (Lipinski definition) is 2. The molecule has 0 saturated carbocycles. The fourth-order valence-electron chi connectivity index (χ4n) is 3.98. The van der Waals surface area contributed by atoms with Gasteiger partial charge in [0.1, 0.15) is 17.4 Å². The Bertz CT molecular complexity index is 1070. The molecule has 0 saturated heterocycles. The van der Waals surface area contributed by atoms with Crippen molar-refractivity contribution in [3.05, 3.63) is 65.4 Å². The molecule has 3 aromatic rings. The summed E-state index contributed by atoms with van der Waals surface area (Å²) in [5.74, 6) is -3.32. The smallest absolute Gasteiger partial charge is 0.417 e. The second kappa shape index (κ2) is 7.27. The molecule has 2 aromatic carbocycles. The van der Waals surface area contributed by atoms with Crippen molar-refractivity contribution in [1.82, 2.24) is 4.98 Å². The number of nitrogens with one attached hydrogen (secondary N) is 1. The third-order valence-corrected chi connectivity index (χ3v) is 5.70. The molecule has 0 bridgehead atoms. The SMILES string of the molecule is CC(c1cc2cccc(F)c2[nH]1)C(O)(CC(C)(C)c1ccc(F)cc1O)C(F)(F)F. The van der Waals surface area contributed by atoms with Crippen LogP contribution in [-0.4, -0.2) is 27.0 Å². The van der Waals surface area contributed by atoms with Crippen molar-refractivity contribution in [1.29, 1.82) is 0 Å². The maximum Gasteiger partial charge on any atom is 0.417 e. The average molecular weight is 427 g/mol. The molecule has 3 N–H and O–H groups in total. The van der Waals surface area contributed by atoms with Crippen LogP contribution in [0.5, 0.6) is 5.75 Å². The van der Waals surface area contributed by atoms with Crippen molar-refractivity contribution >= 4 is 10.9 Å². The molecule has 2 atom stereocenters. The highest BCUT2D eigenvalue weighted by atomic mass is 19.4. The van der Waals surface area contributed by atoms with Crippen molar-refractivity contribution in [2.45, 2.75) is 50.3 Å². The van der Waals surface area contributed by atoms with Crippen LogP contribution in [0, 0.1) is 11.6 Å². The summed E-state index contributed by atoms with van der Waals surface area (Å²) in [6.07, 6.45) is -5.85. The number of phenolic OH excluding ortho intramolecular Hbond substituents is 1. The monoisotopic (exact) mass is 427 g/mol. The highest BCUT2D eigenvalue weighted by molar-refractivity contribution is 5.81. The number of H-pyrrole nitrogens is 1. The quantitative estimate of drug-likeness (QED) is 0.443. The zero-order chi connectivity index (χ0) is 22.5. The fourth-order valence-corrected chi connectivity index (χ4v) is 3.98. The number of aromatic nitrogens is 1. The Labute approximate surface area is 170 Å². The molecule has 1 heterocycles. The molecule has 0 amide bonds. The minimum atomic E-state index is -5.03. The first-order valence-electron chi connectivity index (χ1n) is 9.31. The fraction of sp³-hybridized carbons (Fsp3) is 0.364. The van der Waals surface area contributed by atoms with Crippen molar-refractivity contribution in [2.75, 3.05) is 0 Å². The molecular formula is C22H22F5NO2. The van der Waals surface area contributed by atoms with Crippen LogP contribution in [0.2, 0.25) is 0 Å². The van der Waals surface area contributed by atoms with Gasteiger partial charge >= 0.3 is 6.18 Å². The van der Waals surface area contributed by atoms with Crippen LogP contribution in [0.4, 0.5) is 22.0 Å². The van der Waals surface area contributed by atoms with Crippen LogP contribution < -0.4 is 0 Å². The maximum absolute atomic E-state index is 14.1. The number of hydrogen-bond donors (Lipinski definition) is 3. The van der Waals surface area contributed by atoms with Crippen LogP contribution >= 0.6 is 0 Å². The third-order valence-electron chi connectivity index (χ3n) is 5.70.